The first-order valence-corrected chi connectivity index (χ1v) is 9.49. The number of benzene rings is 2. The molecule has 0 saturated heterocycles. The van der Waals surface area contributed by atoms with Gasteiger partial charge in [0, 0.05) is 11.8 Å². The van der Waals surface area contributed by atoms with E-state index in [0.717, 1.165) is 54.2 Å². The largest absolute Gasteiger partial charge is 0.497 e. The van der Waals surface area contributed by atoms with Crippen molar-refractivity contribution in [3.8, 4) is 11.4 Å². The van der Waals surface area contributed by atoms with Crippen molar-refractivity contribution < 1.29 is 4.74 Å². The molecule has 6 nitrogen and oxygen atoms in total. The molecule has 1 aliphatic carbocycles. The average Bonchev–Trinajstić information content (AvgIpc) is 3.19. The highest BCUT2D eigenvalue weighted by molar-refractivity contribution is 5.51. The minimum atomic E-state index is -0.295. The summed E-state index contributed by atoms with van der Waals surface area (Å²) >= 11 is 0. The van der Waals surface area contributed by atoms with Crippen LogP contribution in [0.3, 0.4) is 0 Å². The molecule has 1 fully saturated rings. The van der Waals surface area contributed by atoms with Crippen LogP contribution in [0.2, 0.25) is 0 Å². The van der Waals surface area contributed by atoms with Gasteiger partial charge >= 0.3 is 0 Å². The fourth-order valence-electron chi connectivity index (χ4n) is 3.99. The Hall–Kier alpha value is -2.89. The van der Waals surface area contributed by atoms with Crippen molar-refractivity contribution in [3.05, 3.63) is 59.9 Å². The van der Waals surface area contributed by atoms with Gasteiger partial charge in [-0.1, -0.05) is 43.5 Å². The SMILES string of the molecule is COc1cccc(NC2(c3nnnn3-c3ccccc3C)CCCCC2)c1. The van der Waals surface area contributed by atoms with Gasteiger partial charge in [-0.25, -0.2) is 0 Å². The number of nitrogens with zero attached hydrogens (tertiary/aromatic N) is 4. The number of aromatic nitrogens is 4. The first-order chi connectivity index (χ1) is 13.2. The van der Waals surface area contributed by atoms with Gasteiger partial charge in [0.15, 0.2) is 5.82 Å². The Morgan fingerprint density at radius 2 is 1.85 bits per heavy atom. The summed E-state index contributed by atoms with van der Waals surface area (Å²) in [5.41, 5.74) is 2.90. The Bertz CT molecular complexity index is 914. The van der Waals surface area contributed by atoms with Crippen molar-refractivity contribution >= 4 is 5.69 Å². The maximum absolute atomic E-state index is 5.39. The van der Waals surface area contributed by atoms with E-state index in [4.69, 9.17) is 4.74 Å². The van der Waals surface area contributed by atoms with Crippen molar-refractivity contribution in [2.24, 2.45) is 0 Å². The third-order valence-corrected chi connectivity index (χ3v) is 5.40. The summed E-state index contributed by atoms with van der Waals surface area (Å²) in [4.78, 5) is 0. The number of hydrogen-bond acceptors (Lipinski definition) is 5. The molecule has 0 aliphatic heterocycles. The minimum Gasteiger partial charge on any atom is -0.497 e. The standard InChI is InChI=1S/C21H25N5O/c1-16-9-4-5-12-19(16)26-20(23-24-25-26)21(13-6-3-7-14-21)22-17-10-8-11-18(15-17)27-2/h4-5,8-12,15,22H,3,6-7,13-14H2,1-2H3. The summed E-state index contributed by atoms with van der Waals surface area (Å²) in [6.07, 6.45) is 5.54. The van der Waals surface area contributed by atoms with E-state index >= 15 is 0 Å². The molecular formula is C21H25N5O. The molecule has 0 unspecified atom stereocenters. The van der Waals surface area contributed by atoms with Crippen LogP contribution in [0.4, 0.5) is 5.69 Å². The summed E-state index contributed by atoms with van der Waals surface area (Å²) in [5, 5.41) is 16.6. The van der Waals surface area contributed by atoms with Gasteiger partial charge in [0.25, 0.3) is 0 Å². The normalized spacial score (nSPS) is 16.1. The number of tetrazole rings is 1. The third-order valence-electron chi connectivity index (χ3n) is 5.40. The van der Waals surface area contributed by atoms with Crippen LogP contribution in [0.15, 0.2) is 48.5 Å². The fraction of sp³-hybridized carbons (Fsp3) is 0.381. The number of nitrogens with one attached hydrogen (secondary N) is 1. The molecular weight excluding hydrogens is 338 g/mol. The van der Waals surface area contributed by atoms with Crippen molar-refractivity contribution in [3.63, 3.8) is 0 Å². The van der Waals surface area contributed by atoms with Crippen molar-refractivity contribution in [2.75, 3.05) is 12.4 Å². The van der Waals surface area contributed by atoms with Crippen LogP contribution < -0.4 is 10.1 Å². The molecule has 140 valence electrons. The Kier molecular flexibility index (Phi) is 4.79. The summed E-state index contributed by atoms with van der Waals surface area (Å²) < 4.78 is 7.29. The van der Waals surface area contributed by atoms with Gasteiger partial charge in [-0.15, -0.1) is 5.10 Å². The van der Waals surface area contributed by atoms with E-state index in [1.54, 1.807) is 7.11 Å². The lowest BCUT2D eigenvalue weighted by Gasteiger charge is -2.37. The summed E-state index contributed by atoms with van der Waals surface area (Å²) in [7, 11) is 1.69. The predicted octanol–water partition coefficient (Wildman–Crippen LogP) is 4.25. The molecule has 6 heteroatoms. The second kappa shape index (κ2) is 7.39. The van der Waals surface area contributed by atoms with Crippen LogP contribution >= 0.6 is 0 Å². The Balaban J connectivity index is 1.77. The molecule has 1 aromatic heterocycles. The van der Waals surface area contributed by atoms with E-state index in [0.29, 0.717) is 0 Å². The molecule has 0 spiro atoms. The summed E-state index contributed by atoms with van der Waals surface area (Å²) in [6.45, 7) is 2.09. The monoisotopic (exact) mass is 363 g/mol. The lowest BCUT2D eigenvalue weighted by atomic mass is 9.80. The van der Waals surface area contributed by atoms with Crippen LogP contribution in [0.1, 0.15) is 43.5 Å². The van der Waals surface area contributed by atoms with Crippen LogP contribution in [0.5, 0.6) is 5.75 Å². The Morgan fingerprint density at radius 3 is 2.63 bits per heavy atom. The predicted molar refractivity (Wildman–Crippen MR) is 105 cm³/mol. The number of methoxy groups -OCH3 is 1. The highest BCUT2D eigenvalue weighted by Gasteiger charge is 2.39. The molecule has 1 heterocycles. The zero-order valence-corrected chi connectivity index (χ0v) is 15.9. The maximum atomic E-state index is 5.39. The van der Waals surface area contributed by atoms with E-state index in [1.165, 1.54) is 6.42 Å². The number of aryl methyl sites for hydroxylation is 1. The molecule has 4 rings (SSSR count). The molecule has 2 aromatic carbocycles. The molecule has 27 heavy (non-hydrogen) atoms. The highest BCUT2D eigenvalue weighted by atomic mass is 16.5. The molecule has 1 aliphatic rings. The van der Waals surface area contributed by atoms with Crippen LogP contribution in [-0.4, -0.2) is 27.3 Å². The molecule has 0 radical (unpaired) electrons. The lowest BCUT2D eigenvalue weighted by Crippen LogP contribution is -2.40. The lowest BCUT2D eigenvalue weighted by molar-refractivity contribution is 0.309. The van der Waals surface area contributed by atoms with Crippen molar-refractivity contribution in [2.45, 2.75) is 44.6 Å². The quantitative estimate of drug-likeness (QED) is 0.734. The second-order valence-electron chi connectivity index (χ2n) is 7.20. The summed E-state index contributed by atoms with van der Waals surface area (Å²) in [5.74, 6) is 1.71. The number of para-hydroxylation sites is 1. The van der Waals surface area contributed by atoms with E-state index in [2.05, 4.69) is 46.0 Å². The maximum Gasteiger partial charge on any atom is 0.181 e. The van der Waals surface area contributed by atoms with Gasteiger partial charge in [0.1, 0.15) is 5.75 Å². The fourth-order valence-corrected chi connectivity index (χ4v) is 3.99. The molecule has 0 atom stereocenters. The molecule has 0 bridgehead atoms. The average molecular weight is 363 g/mol. The Labute approximate surface area is 159 Å². The first kappa shape index (κ1) is 17.5. The molecule has 3 aromatic rings. The zero-order valence-electron chi connectivity index (χ0n) is 15.9. The van der Waals surface area contributed by atoms with Crippen LogP contribution in [0.25, 0.3) is 5.69 Å². The van der Waals surface area contributed by atoms with E-state index < -0.39 is 0 Å². The van der Waals surface area contributed by atoms with Gasteiger partial charge in [0.05, 0.1) is 18.3 Å². The van der Waals surface area contributed by atoms with Crippen LogP contribution in [-0.2, 0) is 5.54 Å². The number of hydrogen-bond donors (Lipinski definition) is 1. The highest BCUT2D eigenvalue weighted by Crippen LogP contribution is 2.40. The Morgan fingerprint density at radius 1 is 1.04 bits per heavy atom. The zero-order chi connectivity index (χ0) is 18.7. The number of rotatable bonds is 5. The van der Waals surface area contributed by atoms with E-state index in [9.17, 15) is 0 Å². The third kappa shape index (κ3) is 3.39. The van der Waals surface area contributed by atoms with Gasteiger partial charge < -0.3 is 10.1 Å². The van der Waals surface area contributed by atoms with Gasteiger partial charge in [-0.2, -0.15) is 4.68 Å². The minimum absolute atomic E-state index is 0.295. The van der Waals surface area contributed by atoms with Gasteiger partial charge in [0.2, 0.25) is 0 Å². The molecule has 0 amide bonds. The molecule has 1 N–H and O–H groups in total. The smallest absolute Gasteiger partial charge is 0.181 e. The summed E-state index contributed by atoms with van der Waals surface area (Å²) in [6, 6.07) is 16.3. The second-order valence-corrected chi connectivity index (χ2v) is 7.20. The molecule has 1 saturated carbocycles. The van der Waals surface area contributed by atoms with E-state index in [1.807, 2.05) is 35.0 Å². The van der Waals surface area contributed by atoms with Crippen molar-refractivity contribution in [1.29, 1.82) is 0 Å². The van der Waals surface area contributed by atoms with Crippen molar-refractivity contribution in [1.82, 2.24) is 20.2 Å². The van der Waals surface area contributed by atoms with Gasteiger partial charge in [-0.05, 0) is 54.0 Å². The van der Waals surface area contributed by atoms with Gasteiger partial charge in [-0.3, -0.25) is 0 Å². The number of anilines is 1. The van der Waals surface area contributed by atoms with E-state index in [-0.39, 0.29) is 5.54 Å². The topological polar surface area (TPSA) is 64.9 Å². The number of ether oxygens (including phenoxy) is 1. The van der Waals surface area contributed by atoms with Crippen LogP contribution in [0, 0.1) is 6.92 Å². The first-order valence-electron chi connectivity index (χ1n) is 9.49.